The molecule has 1 atom stereocenters. The first kappa shape index (κ1) is 14.0. The molecule has 0 spiro atoms. The molecule has 1 aliphatic heterocycles. The lowest BCUT2D eigenvalue weighted by atomic mass is 9.92. The van der Waals surface area contributed by atoms with Gasteiger partial charge in [-0.05, 0) is 25.8 Å². The van der Waals surface area contributed by atoms with E-state index in [9.17, 15) is 4.79 Å². The van der Waals surface area contributed by atoms with Crippen LogP contribution in [0.15, 0.2) is 6.33 Å². The summed E-state index contributed by atoms with van der Waals surface area (Å²) in [5, 5.41) is 17.1. The molecule has 7 nitrogen and oxygen atoms in total. The third-order valence-corrected chi connectivity index (χ3v) is 3.87. The van der Waals surface area contributed by atoms with E-state index in [0.717, 1.165) is 38.4 Å². The van der Waals surface area contributed by atoms with E-state index in [1.54, 1.807) is 6.33 Å². The van der Waals surface area contributed by atoms with Crippen molar-refractivity contribution in [2.24, 2.45) is 5.73 Å². The van der Waals surface area contributed by atoms with Gasteiger partial charge in [0.25, 0.3) is 0 Å². The molecule has 7 heteroatoms. The van der Waals surface area contributed by atoms with Crippen molar-refractivity contribution in [3.8, 4) is 0 Å². The van der Waals surface area contributed by atoms with E-state index in [0.29, 0.717) is 12.8 Å². The van der Waals surface area contributed by atoms with E-state index in [-0.39, 0.29) is 0 Å². The molecule has 1 unspecified atom stereocenters. The van der Waals surface area contributed by atoms with Gasteiger partial charge >= 0.3 is 5.97 Å². The summed E-state index contributed by atoms with van der Waals surface area (Å²) in [5.74, 6) is 0.0624. The molecule has 2 heterocycles. The van der Waals surface area contributed by atoms with Gasteiger partial charge in [-0.2, -0.15) is 0 Å². The first-order valence-corrected chi connectivity index (χ1v) is 6.66. The van der Waals surface area contributed by atoms with Gasteiger partial charge < -0.3 is 15.4 Å². The number of carboxylic acids is 1. The van der Waals surface area contributed by atoms with Gasteiger partial charge in [-0.1, -0.05) is 6.92 Å². The number of rotatable bonds is 6. The smallest absolute Gasteiger partial charge is 0.323 e. The number of aliphatic carboxylic acids is 1. The molecule has 1 aromatic rings. The maximum atomic E-state index is 11.1. The fraction of sp³-hybridized carbons (Fsp3) is 0.750. The minimum absolute atomic E-state index is 0.455. The Morgan fingerprint density at radius 2 is 2.37 bits per heavy atom. The first-order chi connectivity index (χ1) is 9.05. The second-order valence-corrected chi connectivity index (χ2v) is 5.14. The third kappa shape index (κ3) is 3.10. The quantitative estimate of drug-likeness (QED) is 0.756. The van der Waals surface area contributed by atoms with E-state index >= 15 is 0 Å². The normalized spacial score (nSPS) is 18.8. The molecule has 0 amide bonds. The Kier molecular flexibility index (Phi) is 4.16. The molecule has 0 aromatic carbocycles. The Labute approximate surface area is 112 Å². The van der Waals surface area contributed by atoms with Crippen LogP contribution >= 0.6 is 0 Å². The number of nitrogens with two attached hydrogens (primary N) is 1. The molecular weight excluding hydrogens is 246 g/mol. The third-order valence-electron chi connectivity index (χ3n) is 3.87. The molecule has 1 aromatic heterocycles. The van der Waals surface area contributed by atoms with Crippen molar-refractivity contribution in [3.63, 3.8) is 0 Å². The Morgan fingerprint density at radius 1 is 1.58 bits per heavy atom. The highest BCUT2D eigenvalue weighted by Gasteiger charge is 2.31. The van der Waals surface area contributed by atoms with Gasteiger partial charge in [-0.3, -0.25) is 9.69 Å². The summed E-state index contributed by atoms with van der Waals surface area (Å²) in [6.07, 6.45) is 3.49. The predicted molar refractivity (Wildman–Crippen MR) is 69.4 cm³/mol. The van der Waals surface area contributed by atoms with Gasteiger partial charge in [0.15, 0.2) is 0 Å². The minimum atomic E-state index is -1.09. The zero-order valence-electron chi connectivity index (χ0n) is 11.2. The highest BCUT2D eigenvalue weighted by molar-refractivity contribution is 5.78. The van der Waals surface area contributed by atoms with E-state index < -0.39 is 11.5 Å². The highest BCUT2D eigenvalue weighted by Crippen LogP contribution is 2.16. The summed E-state index contributed by atoms with van der Waals surface area (Å²) in [6, 6.07) is 0. The molecule has 0 fully saturated rings. The van der Waals surface area contributed by atoms with Crippen molar-refractivity contribution in [1.82, 2.24) is 19.7 Å². The van der Waals surface area contributed by atoms with Crippen LogP contribution in [-0.2, 0) is 17.9 Å². The SMILES string of the molecule is CCC(N)(CCCN1CCn2cnnc2C1)C(=O)O. The van der Waals surface area contributed by atoms with Crippen molar-refractivity contribution >= 4 is 5.97 Å². The predicted octanol–water partition coefficient (Wildman–Crippen LogP) is 0.0660. The molecule has 0 saturated carbocycles. The van der Waals surface area contributed by atoms with E-state index in [1.165, 1.54) is 0 Å². The molecule has 106 valence electrons. The van der Waals surface area contributed by atoms with Gasteiger partial charge in [-0.15, -0.1) is 10.2 Å². The maximum Gasteiger partial charge on any atom is 0.323 e. The van der Waals surface area contributed by atoms with Crippen molar-refractivity contribution in [2.75, 3.05) is 13.1 Å². The number of aromatic nitrogens is 3. The number of hydrogen-bond donors (Lipinski definition) is 2. The van der Waals surface area contributed by atoms with Crippen molar-refractivity contribution in [3.05, 3.63) is 12.2 Å². The topological polar surface area (TPSA) is 97.3 Å². The summed E-state index contributed by atoms with van der Waals surface area (Å²) in [5.41, 5.74) is 4.78. The fourth-order valence-electron chi connectivity index (χ4n) is 2.36. The Morgan fingerprint density at radius 3 is 3.05 bits per heavy atom. The number of nitrogens with zero attached hydrogens (tertiary/aromatic N) is 4. The standard InChI is InChI=1S/C12H21N5O2/c1-2-12(13,11(18)19)4-3-5-16-6-7-17-9-14-15-10(17)8-16/h9H,2-8,13H2,1H3,(H,18,19). The van der Waals surface area contributed by atoms with Gasteiger partial charge in [0.2, 0.25) is 0 Å². The van der Waals surface area contributed by atoms with E-state index in [4.69, 9.17) is 10.8 Å². The molecule has 1 aliphatic rings. The lowest BCUT2D eigenvalue weighted by Gasteiger charge is -2.28. The Balaban J connectivity index is 1.80. The van der Waals surface area contributed by atoms with Gasteiger partial charge in [0, 0.05) is 13.1 Å². The summed E-state index contributed by atoms with van der Waals surface area (Å²) < 4.78 is 2.05. The molecule has 0 radical (unpaired) electrons. The number of carboxylic acid groups (broad SMARTS) is 1. The lowest BCUT2D eigenvalue weighted by Crippen LogP contribution is -2.48. The maximum absolute atomic E-state index is 11.1. The van der Waals surface area contributed by atoms with Crippen molar-refractivity contribution in [2.45, 2.75) is 44.8 Å². The average molecular weight is 267 g/mol. The first-order valence-electron chi connectivity index (χ1n) is 6.66. The molecule has 2 rings (SSSR count). The lowest BCUT2D eigenvalue weighted by molar-refractivity contribution is -0.143. The van der Waals surface area contributed by atoms with Crippen LogP contribution in [-0.4, -0.2) is 49.4 Å². The second kappa shape index (κ2) is 5.66. The van der Waals surface area contributed by atoms with Crippen molar-refractivity contribution in [1.29, 1.82) is 0 Å². The van der Waals surface area contributed by atoms with Crippen LogP contribution in [0.25, 0.3) is 0 Å². The largest absolute Gasteiger partial charge is 0.480 e. The minimum Gasteiger partial charge on any atom is -0.480 e. The molecule has 19 heavy (non-hydrogen) atoms. The fourth-order valence-corrected chi connectivity index (χ4v) is 2.36. The number of fused-ring (bicyclic) bond motifs is 1. The number of hydrogen-bond acceptors (Lipinski definition) is 5. The van der Waals surface area contributed by atoms with Crippen LogP contribution in [0.4, 0.5) is 0 Å². The molecular formula is C12H21N5O2. The van der Waals surface area contributed by atoms with E-state index in [1.807, 2.05) is 11.5 Å². The molecule has 0 saturated heterocycles. The van der Waals surface area contributed by atoms with Gasteiger partial charge in [0.1, 0.15) is 17.7 Å². The van der Waals surface area contributed by atoms with Crippen molar-refractivity contribution < 1.29 is 9.90 Å². The molecule has 3 N–H and O–H groups in total. The average Bonchev–Trinajstić information content (AvgIpc) is 2.85. The zero-order chi connectivity index (χ0) is 13.9. The highest BCUT2D eigenvalue weighted by atomic mass is 16.4. The van der Waals surface area contributed by atoms with Crippen LogP contribution < -0.4 is 5.73 Å². The van der Waals surface area contributed by atoms with Crippen LogP contribution in [0.3, 0.4) is 0 Å². The summed E-state index contributed by atoms with van der Waals surface area (Å²) in [7, 11) is 0. The van der Waals surface area contributed by atoms with Crippen LogP contribution in [0.5, 0.6) is 0 Å². The zero-order valence-corrected chi connectivity index (χ0v) is 11.2. The second-order valence-electron chi connectivity index (χ2n) is 5.14. The van der Waals surface area contributed by atoms with E-state index in [2.05, 4.69) is 15.1 Å². The monoisotopic (exact) mass is 267 g/mol. The van der Waals surface area contributed by atoms with Crippen LogP contribution in [0.1, 0.15) is 32.0 Å². The van der Waals surface area contributed by atoms with Gasteiger partial charge in [0.05, 0.1) is 6.54 Å². The molecule has 0 aliphatic carbocycles. The summed E-state index contributed by atoms with van der Waals surface area (Å²) in [4.78, 5) is 13.4. The molecule has 0 bridgehead atoms. The number of carbonyl (C=O) groups is 1. The summed E-state index contributed by atoms with van der Waals surface area (Å²) in [6.45, 7) is 5.28. The Hall–Kier alpha value is -1.47. The van der Waals surface area contributed by atoms with Crippen LogP contribution in [0, 0.1) is 0 Å². The summed E-state index contributed by atoms with van der Waals surface area (Å²) >= 11 is 0. The van der Waals surface area contributed by atoms with Crippen LogP contribution in [0.2, 0.25) is 0 Å². The Bertz CT molecular complexity index is 447. The van der Waals surface area contributed by atoms with Gasteiger partial charge in [-0.25, -0.2) is 0 Å².